The Kier molecular flexibility index (Phi) is 5.31. The maximum Gasteiger partial charge on any atom is 0.240 e. The Morgan fingerprint density at radius 3 is 2.50 bits per heavy atom. The van der Waals surface area contributed by atoms with Crippen LogP contribution in [-0.4, -0.2) is 33.0 Å². The SMILES string of the molecule is N#Cc1ccc(S(=O)(=O)NCC(c2cccs2)N2CCCC2)cc1. The molecule has 5 nitrogen and oxygen atoms in total. The highest BCUT2D eigenvalue weighted by Crippen LogP contribution is 2.28. The van der Waals surface area contributed by atoms with Crippen molar-refractivity contribution in [1.29, 1.82) is 5.26 Å². The molecule has 1 N–H and O–H groups in total. The molecule has 0 saturated carbocycles. The average molecular weight is 361 g/mol. The predicted molar refractivity (Wildman–Crippen MR) is 94.2 cm³/mol. The van der Waals surface area contributed by atoms with Gasteiger partial charge in [0.1, 0.15) is 0 Å². The van der Waals surface area contributed by atoms with Crippen molar-refractivity contribution in [2.45, 2.75) is 23.8 Å². The van der Waals surface area contributed by atoms with E-state index in [2.05, 4.69) is 15.7 Å². The van der Waals surface area contributed by atoms with Crippen LogP contribution in [0.4, 0.5) is 0 Å². The van der Waals surface area contributed by atoms with Gasteiger partial charge in [0, 0.05) is 11.4 Å². The highest BCUT2D eigenvalue weighted by Gasteiger charge is 2.26. The molecule has 0 spiro atoms. The molecule has 1 aromatic carbocycles. The van der Waals surface area contributed by atoms with E-state index < -0.39 is 10.0 Å². The van der Waals surface area contributed by atoms with Gasteiger partial charge in [0.15, 0.2) is 0 Å². The van der Waals surface area contributed by atoms with Gasteiger partial charge in [-0.1, -0.05) is 6.07 Å². The second-order valence-electron chi connectivity index (χ2n) is 5.76. The molecule has 126 valence electrons. The molecule has 7 heteroatoms. The maximum absolute atomic E-state index is 12.5. The number of nitrogens with zero attached hydrogens (tertiary/aromatic N) is 2. The number of nitrogens with one attached hydrogen (secondary N) is 1. The Labute approximate surface area is 146 Å². The number of hydrogen-bond donors (Lipinski definition) is 1. The van der Waals surface area contributed by atoms with Crippen LogP contribution in [0.15, 0.2) is 46.7 Å². The standard InChI is InChI=1S/C17H19N3O2S2/c18-12-14-5-7-15(8-6-14)24(21,22)19-13-16(17-4-3-11-23-17)20-9-1-2-10-20/h3-8,11,16,19H,1-2,9-10,13H2. The van der Waals surface area contributed by atoms with Crippen molar-refractivity contribution in [3.05, 3.63) is 52.2 Å². The number of sulfonamides is 1. The zero-order chi connectivity index (χ0) is 17.0. The van der Waals surface area contributed by atoms with Crippen LogP contribution in [-0.2, 0) is 10.0 Å². The van der Waals surface area contributed by atoms with Crippen molar-refractivity contribution < 1.29 is 8.42 Å². The van der Waals surface area contributed by atoms with Crippen LogP contribution in [0, 0.1) is 11.3 Å². The Morgan fingerprint density at radius 2 is 1.92 bits per heavy atom. The van der Waals surface area contributed by atoms with Crippen molar-refractivity contribution in [3.8, 4) is 6.07 Å². The highest BCUT2D eigenvalue weighted by atomic mass is 32.2. The quantitative estimate of drug-likeness (QED) is 0.859. The van der Waals surface area contributed by atoms with Gasteiger partial charge in [0.05, 0.1) is 22.6 Å². The molecule has 0 amide bonds. The second-order valence-corrected chi connectivity index (χ2v) is 8.51. The van der Waals surface area contributed by atoms with Gasteiger partial charge < -0.3 is 0 Å². The number of nitriles is 1. The lowest BCUT2D eigenvalue weighted by atomic mass is 10.2. The van der Waals surface area contributed by atoms with Gasteiger partial charge in [-0.25, -0.2) is 13.1 Å². The molecule has 1 aliphatic rings. The van der Waals surface area contributed by atoms with Gasteiger partial charge in [0.25, 0.3) is 0 Å². The summed E-state index contributed by atoms with van der Waals surface area (Å²) in [6, 6.07) is 12.1. The second kappa shape index (κ2) is 7.45. The summed E-state index contributed by atoms with van der Waals surface area (Å²) < 4.78 is 27.8. The van der Waals surface area contributed by atoms with Gasteiger partial charge in [-0.2, -0.15) is 5.26 Å². The van der Waals surface area contributed by atoms with Gasteiger partial charge in [-0.3, -0.25) is 4.90 Å². The molecule has 1 fully saturated rings. The summed E-state index contributed by atoms with van der Waals surface area (Å²) in [5.74, 6) is 0. The van der Waals surface area contributed by atoms with Crippen molar-refractivity contribution in [3.63, 3.8) is 0 Å². The Morgan fingerprint density at radius 1 is 1.21 bits per heavy atom. The van der Waals surface area contributed by atoms with Crippen LogP contribution in [0.2, 0.25) is 0 Å². The molecule has 0 aliphatic carbocycles. The van der Waals surface area contributed by atoms with E-state index in [4.69, 9.17) is 5.26 Å². The molecule has 0 radical (unpaired) electrons. The fourth-order valence-electron chi connectivity index (χ4n) is 2.92. The third-order valence-electron chi connectivity index (χ3n) is 4.21. The molecule has 1 aliphatic heterocycles. The minimum absolute atomic E-state index is 0.0701. The van der Waals surface area contributed by atoms with Crippen LogP contribution >= 0.6 is 11.3 Å². The Balaban J connectivity index is 1.74. The first-order valence-electron chi connectivity index (χ1n) is 7.87. The first-order chi connectivity index (χ1) is 11.6. The fourth-order valence-corrected chi connectivity index (χ4v) is 4.82. The number of likely N-dealkylation sites (tertiary alicyclic amines) is 1. The van der Waals surface area contributed by atoms with Crippen molar-refractivity contribution >= 4 is 21.4 Å². The van der Waals surface area contributed by atoms with E-state index in [-0.39, 0.29) is 10.9 Å². The van der Waals surface area contributed by atoms with Crippen LogP contribution < -0.4 is 4.72 Å². The summed E-state index contributed by atoms with van der Waals surface area (Å²) in [5, 5.41) is 10.8. The number of benzene rings is 1. The van der Waals surface area contributed by atoms with Gasteiger partial charge in [-0.05, 0) is 61.6 Å². The van der Waals surface area contributed by atoms with Gasteiger partial charge >= 0.3 is 0 Å². The largest absolute Gasteiger partial charge is 0.294 e. The third kappa shape index (κ3) is 3.84. The van der Waals surface area contributed by atoms with E-state index in [0.29, 0.717) is 12.1 Å². The lowest BCUT2D eigenvalue weighted by molar-refractivity contribution is 0.250. The normalized spacial score (nSPS) is 16.8. The smallest absolute Gasteiger partial charge is 0.240 e. The van der Waals surface area contributed by atoms with E-state index in [1.54, 1.807) is 11.3 Å². The zero-order valence-corrected chi connectivity index (χ0v) is 14.8. The summed E-state index contributed by atoms with van der Waals surface area (Å²) in [6.45, 7) is 2.35. The fraction of sp³-hybridized carbons (Fsp3) is 0.353. The van der Waals surface area contributed by atoms with E-state index in [0.717, 1.165) is 25.9 Å². The summed E-state index contributed by atoms with van der Waals surface area (Å²) >= 11 is 1.66. The summed E-state index contributed by atoms with van der Waals surface area (Å²) in [7, 11) is -3.58. The highest BCUT2D eigenvalue weighted by molar-refractivity contribution is 7.89. The van der Waals surface area contributed by atoms with Crippen LogP contribution in [0.25, 0.3) is 0 Å². The van der Waals surface area contributed by atoms with Gasteiger partial charge in [-0.15, -0.1) is 11.3 Å². The van der Waals surface area contributed by atoms with Crippen LogP contribution in [0.1, 0.15) is 29.3 Å². The van der Waals surface area contributed by atoms with Crippen LogP contribution in [0.5, 0.6) is 0 Å². The maximum atomic E-state index is 12.5. The third-order valence-corrected chi connectivity index (χ3v) is 6.63. The minimum atomic E-state index is -3.58. The topological polar surface area (TPSA) is 73.2 Å². The Bertz CT molecular complexity index is 803. The molecule has 1 unspecified atom stereocenters. The molecule has 2 aromatic rings. The molecular weight excluding hydrogens is 342 g/mol. The predicted octanol–water partition coefficient (Wildman–Crippen LogP) is 2.74. The van der Waals surface area contributed by atoms with Crippen LogP contribution in [0.3, 0.4) is 0 Å². The zero-order valence-electron chi connectivity index (χ0n) is 13.2. The summed E-state index contributed by atoms with van der Waals surface area (Å²) in [4.78, 5) is 3.71. The molecule has 24 heavy (non-hydrogen) atoms. The minimum Gasteiger partial charge on any atom is -0.294 e. The number of hydrogen-bond acceptors (Lipinski definition) is 5. The van der Waals surface area contributed by atoms with Crippen molar-refractivity contribution in [2.75, 3.05) is 19.6 Å². The molecule has 2 heterocycles. The van der Waals surface area contributed by atoms with E-state index >= 15 is 0 Å². The molecule has 0 bridgehead atoms. The lowest BCUT2D eigenvalue weighted by Crippen LogP contribution is -2.36. The van der Waals surface area contributed by atoms with E-state index in [9.17, 15) is 8.42 Å². The molecule has 1 aromatic heterocycles. The summed E-state index contributed by atoms with van der Waals surface area (Å²) in [5.41, 5.74) is 0.447. The first-order valence-corrected chi connectivity index (χ1v) is 10.2. The molecule has 1 atom stereocenters. The monoisotopic (exact) mass is 361 g/mol. The van der Waals surface area contributed by atoms with Crippen molar-refractivity contribution in [1.82, 2.24) is 9.62 Å². The van der Waals surface area contributed by atoms with E-state index in [1.807, 2.05) is 17.5 Å². The lowest BCUT2D eigenvalue weighted by Gasteiger charge is -2.26. The van der Waals surface area contributed by atoms with Gasteiger partial charge in [0.2, 0.25) is 10.0 Å². The molecular formula is C17H19N3O2S2. The average Bonchev–Trinajstić information content (AvgIpc) is 3.29. The number of rotatable bonds is 6. The van der Waals surface area contributed by atoms with E-state index in [1.165, 1.54) is 29.1 Å². The van der Waals surface area contributed by atoms with Crippen molar-refractivity contribution in [2.24, 2.45) is 0 Å². The molecule has 1 saturated heterocycles. The Hall–Kier alpha value is -1.72. The summed E-state index contributed by atoms with van der Waals surface area (Å²) in [6.07, 6.45) is 2.31. The first kappa shape index (κ1) is 17.1. The number of thiophene rings is 1. The molecule has 3 rings (SSSR count).